The molecule has 1 aromatic heterocycles. The first-order chi connectivity index (χ1) is 13.0. The number of rotatable bonds is 6. The van der Waals surface area contributed by atoms with Gasteiger partial charge in [-0.15, -0.1) is 0 Å². The van der Waals surface area contributed by atoms with E-state index in [-0.39, 0.29) is 11.5 Å². The molecule has 0 fully saturated rings. The number of hydrogen-bond donors (Lipinski definition) is 1. The third kappa shape index (κ3) is 3.99. The number of nitrogens with one attached hydrogen (secondary N) is 1. The average molecular weight is 370 g/mol. The molecule has 2 aromatic rings. The zero-order chi connectivity index (χ0) is 19.4. The van der Waals surface area contributed by atoms with Crippen LogP contribution in [0.2, 0.25) is 0 Å². The number of carbonyl (C=O) groups excluding carboxylic acids is 1. The summed E-state index contributed by atoms with van der Waals surface area (Å²) in [6.07, 6.45) is 9.47. The molecule has 27 heavy (non-hydrogen) atoms. The van der Waals surface area contributed by atoms with Gasteiger partial charge in [0.25, 0.3) is 11.5 Å². The third-order valence-corrected chi connectivity index (χ3v) is 5.05. The number of hydrogen-bond acceptors (Lipinski definition) is 4. The van der Waals surface area contributed by atoms with Crippen LogP contribution in [0, 0.1) is 0 Å². The zero-order valence-electron chi connectivity index (χ0n) is 16.1. The summed E-state index contributed by atoms with van der Waals surface area (Å²) >= 11 is 0. The molecule has 144 valence electrons. The van der Waals surface area contributed by atoms with Gasteiger partial charge in [-0.25, -0.2) is 0 Å². The highest BCUT2D eigenvalue weighted by Crippen LogP contribution is 2.32. The molecule has 6 nitrogen and oxygen atoms in total. The average Bonchev–Trinajstić information content (AvgIpc) is 2.70. The van der Waals surface area contributed by atoms with Crippen LogP contribution >= 0.6 is 0 Å². The summed E-state index contributed by atoms with van der Waals surface area (Å²) in [6, 6.07) is 3.31. The topological polar surface area (TPSA) is 69.6 Å². The molecule has 0 radical (unpaired) electrons. The van der Waals surface area contributed by atoms with Gasteiger partial charge in [0.05, 0.1) is 25.2 Å². The Labute approximate surface area is 158 Å². The fourth-order valence-corrected chi connectivity index (χ4v) is 3.54. The minimum Gasteiger partial charge on any atom is -0.493 e. The van der Waals surface area contributed by atoms with E-state index in [1.165, 1.54) is 37.2 Å². The van der Waals surface area contributed by atoms with Gasteiger partial charge in [-0.1, -0.05) is 11.6 Å². The van der Waals surface area contributed by atoms with Crippen molar-refractivity contribution in [2.45, 2.75) is 32.1 Å². The Morgan fingerprint density at radius 3 is 2.48 bits per heavy atom. The van der Waals surface area contributed by atoms with Crippen molar-refractivity contribution in [2.24, 2.45) is 7.05 Å². The number of carbonyl (C=O) groups is 1. The maximum absolute atomic E-state index is 12.8. The molecule has 0 spiro atoms. The molecule has 1 aromatic carbocycles. The van der Waals surface area contributed by atoms with Gasteiger partial charge in [0.1, 0.15) is 0 Å². The molecule has 3 rings (SSSR count). The molecule has 0 aliphatic heterocycles. The van der Waals surface area contributed by atoms with Gasteiger partial charge in [-0.2, -0.15) is 0 Å². The number of methoxy groups -OCH3 is 2. The van der Waals surface area contributed by atoms with Gasteiger partial charge < -0.3 is 19.4 Å². The number of pyridine rings is 1. The second kappa shape index (κ2) is 8.29. The zero-order valence-corrected chi connectivity index (χ0v) is 16.1. The smallest absolute Gasteiger partial charge is 0.258 e. The Kier molecular flexibility index (Phi) is 5.84. The van der Waals surface area contributed by atoms with E-state index in [1.807, 2.05) is 0 Å². The van der Waals surface area contributed by atoms with Gasteiger partial charge in [0.2, 0.25) is 0 Å². The Morgan fingerprint density at radius 1 is 1.15 bits per heavy atom. The number of allylic oxidation sites excluding steroid dienone is 1. The number of fused-ring (bicyclic) bond motifs is 1. The molecular weight excluding hydrogens is 344 g/mol. The fraction of sp³-hybridized carbons (Fsp3) is 0.429. The predicted molar refractivity (Wildman–Crippen MR) is 106 cm³/mol. The number of ether oxygens (including phenoxy) is 2. The van der Waals surface area contributed by atoms with Crippen molar-refractivity contribution < 1.29 is 14.3 Å². The van der Waals surface area contributed by atoms with E-state index in [4.69, 9.17) is 9.47 Å². The number of amides is 1. The Bertz CT molecular complexity index is 943. The second-order valence-corrected chi connectivity index (χ2v) is 6.83. The van der Waals surface area contributed by atoms with Crippen molar-refractivity contribution in [3.05, 3.63) is 45.9 Å². The van der Waals surface area contributed by atoms with Crippen LogP contribution < -0.4 is 20.3 Å². The fourth-order valence-electron chi connectivity index (χ4n) is 3.54. The van der Waals surface area contributed by atoms with Crippen LogP contribution in [0.3, 0.4) is 0 Å². The molecule has 1 aliphatic rings. The van der Waals surface area contributed by atoms with Crippen molar-refractivity contribution in [3.63, 3.8) is 0 Å². The van der Waals surface area contributed by atoms with E-state index in [0.29, 0.717) is 34.4 Å². The van der Waals surface area contributed by atoms with Crippen molar-refractivity contribution in [2.75, 3.05) is 20.8 Å². The number of aryl methyl sites for hydroxylation is 1. The molecular formula is C21H26N2O4. The Hall–Kier alpha value is -2.76. The standard InChI is InChI=1S/C21H26N2O4/c1-23-13-17(20(24)22-10-9-14-7-5-4-6-8-14)15-11-18(26-2)19(27-3)12-16(15)21(23)25/h7,11-13H,4-6,8-10H2,1-3H3,(H,22,24). The van der Waals surface area contributed by atoms with Crippen LogP contribution in [0.4, 0.5) is 0 Å². The van der Waals surface area contributed by atoms with E-state index in [9.17, 15) is 9.59 Å². The first-order valence-corrected chi connectivity index (χ1v) is 9.26. The second-order valence-electron chi connectivity index (χ2n) is 6.83. The summed E-state index contributed by atoms with van der Waals surface area (Å²) < 4.78 is 12.1. The molecule has 0 unspecified atom stereocenters. The van der Waals surface area contributed by atoms with E-state index >= 15 is 0 Å². The first kappa shape index (κ1) is 19.0. The van der Waals surface area contributed by atoms with Crippen LogP contribution in [0.5, 0.6) is 11.5 Å². The third-order valence-electron chi connectivity index (χ3n) is 5.05. The normalized spacial score (nSPS) is 14.0. The summed E-state index contributed by atoms with van der Waals surface area (Å²) in [4.78, 5) is 25.3. The van der Waals surface area contributed by atoms with Gasteiger partial charge in [0, 0.05) is 25.2 Å². The molecule has 1 heterocycles. The van der Waals surface area contributed by atoms with E-state index in [1.54, 1.807) is 25.4 Å². The summed E-state index contributed by atoms with van der Waals surface area (Å²) in [7, 11) is 4.69. The first-order valence-electron chi connectivity index (χ1n) is 9.26. The van der Waals surface area contributed by atoms with Gasteiger partial charge >= 0.3 is 0 Å². The van der Waals surface area contributed by atoms with Crippen molar-refractivity contribution in [1.29, 1.82) is 0 Å². The number of benzene rings is 1. The Balaban J connectivity index is 1.90. The van der Waals surface area contributed by atoms with E-state index in [2.05, 4.69) is 11.4 Å². The molecule has 1 aliphatic carbocycles. The molecule has 6 heteroatoms. The van der Waals surface area contributed by atoms with Gasteiger partial charge in [0.15, 0.2) is 11.5 Å². The molecule has 0 atom stereocenters. The maximum atomic E-state index is 12.8. The number of aromatic nitrogens is 1. The summed E-state index contributed by atoms with van der Waals surface area (Å²) in [5.41, 5.74) is 1.68. The minimum absolute atomic E-state index is 0.185. The predicted octanol–water partition coefficient (Wildman–Crippen LogP) is 3.18. The van der Waals surface area contributed by atoms with E-state index < -0.39 is 0 Å². The molecule has 0 saturated heterocycles. The largest absolute Gasteiger partial charge is 0.493 e. The monoisotopic (exact) mass is 370 g/mol. The summed E-state index contributed by atoms with van der Waals surface area (Å²) in [5.74, 6) is 0.753. The van der Waals surface area contributed by atoms with Crippen LogP contribution in [-0.4, -0.2) is 31.2 Å². The lowest BCUT2D eigenvalue weighted by atomic mass is 9.97. The van der Waals surface area contributed by atoms with Gasteiger partial charge in [-0.3, -0.25) is 9.59 Å². The van der Waals surface area contributed by atoms with Crippen molar-refractivity contribution in [3.8, 4) is 11.5 Å². The lowest BCUT2D eigenvalue weighted by Gasteiger charge is -2.15. The minimum atomic E-state index is -0.195. The molecule has 1 N–H and O–H groups in total. The molecule has 0 saturated carbocycles. The van der Waals surface area contributed by atoms with E-state index in [0.717, 1.165) is 19.3 Å². The summed E-state index contributed by atoms with van der Waals surface area (Å²) in [6.45, 7) is 0.586. The summed E-state index contributed by atoms with van der Waals surface area (Å²) in [5, 5.41) is 3.97. The maximum Gasteiger partial charge on any atom is 0.258 e. The Morgan fingerprint density at radius 2 is 1.85 bits per heavy atom. The highest BCUT2D eigenvalue weighted by molar-refractivity contribution is 6.07. The highest BCUT2D eigenvalue weighted by Gasteiger charge is 2.17. The SMILES string of the molecule is COc1cc2c(C(=O)NCCC3=CCCCC3)cn(C)c(=O)c2cc1OC. The quantitative estimate of drug-likeness (QED) is 0.793. The van der Waals surface area contributed by atoms with Crippen molar-refractivity contribution in [1.82, 2.24) is 9.88 Å². The van der Waals surface area contributed by atoms with Crippen LogP contribution in [0.1, 0.15) is 42.5 Å². The lowest BCUT2D eigenvalue weighted by Crippen LogP contribution is -2.28. The lowest BCUT2D eigenvalue weighted by molar-refractivity contribution is 0.0955. The van der Waals surface area contributed by atoms with Crippen LogP contribution in [0.15, 0.2) is 34.8 Å². The highest BCUT2D eigenvalue weighted by atomic mass is 16.5. The number of nitrogens with zero attached hydrogens (tertiary/aromatic N) is 1. The van der Waals surface area contributed by atoms with Crippen molar-refractivity contribution >= 4 is 16.7 Å². The molecule has 0 bridgehead atoms. The molecule has 1 amide bonds. The van der Waals surface area contributed by atoms with Crippen LogP contribution in [0.25, 0.3) is 10.8 Å². The van der Waals surface area contributed by atoms with Gasteiger partial charge in [-0.05, 0) is 44.2 Å². The van der Waals surface area contributed by atoms with Crippen LogP contribution in [-0.2, 0) is 7.05 Å².